The second-order valence-electron chi connectivity index (χ2n) is 6.37. The number of nitrogens with zero attached hydrogens (tertiary/aromatic N) is 3. The number of aliphatic hydroxyl groups excluding tert-OH is 2. The zero-order valence-electron chi connectivity index (χ0n) is 14.7. The number of imidazole rings is 1. The number of rotatable bonds is 7. The molecule has 27 heavy (non-hydrogen) atoms. The number of aliphatic hydroxyl groups is 2. The highest BCUT2D eigenvalue weighted by Crippen LogP contribution is 2.48. The molecule has 1 aliphatic heterocycles. The average Bonchev–Trinajstić information content (AvgIpc) is 3.15. The van der Waals surface area contributed by atoms with E-state index in [1.807, 2.05) is 0 Å². The van der Waals surface area contributed by atoms with Gasteiger partial charge in [-0.25, -0.2) is 14.5 Å². The Bertz CT molecular complexity index is 916. The predicted octanol–water partition coefficient (Wildman–Crippen LogP) is -0.470. The predicted molar refractivity (Wildman–Crippen MR) is 90.7 cm³/mol. The molecule has 3 heterocycles. The van der Waals surface area contributed by atoms with E-state index in [9.17, 15) is 24.5 Å². The lowest BCUT2D eigenvalue weighted by Crippen LogP contribution is -2.41. The monoisotopic (exact) mass is 404 g/mol. The molecule has 3 rings (SSSR count). The molecule has 0 spiro atoms. The summed E-state index contributed by atoms with van der Waals surface area (Å²) in [6, 6.07) is 0. The van der Waals surface area contributed by atoms with E-state index >= 15 is 0 Å². The first-order valence-corrected chi connectivity index (χ1v) is 9.69. The summed E-state index contributed by atoms with van der Waals surface area (Å²) in [5, 5.41) is 20.5. The number of hydrogen-bond acceptors (Lipinski definition) is 9. The standard InChI is InChI=1S/C14H21N4O8P/c1-3-24-27(22,23)25-4-8-10(20)14(2,5-19)13(26-8)18-7-17-9-11(18)15-6-16-12(9)21/h6-8,10,13,19-20H,3-5H2,1-2H3,(H,22,23)(H,15,16,21)/t8-,10?,13-,14?/m1/s1. The van der Waals surface area contributed by atoms with Crippen LogP contribution in [-0.4, -0.2) is 66.7 Å². The molecule has 5 atom stereocenters. The van der Waals surface area contributed by atoms with E-state index in [1.54, 1.807) is 6.92 Å². The van der Waals surface area contributed by atoms with Gasteiger partial charge in [-0.3, -0.25) is 18.4 Å². The van der Waals surface area contributed by atoms with Gasteiger partial charge in [0, 0.05) is 0 Å². The minimum atomic E-state index is -4.28. The molecule has 0 bridgehead atoms. The fourth-order valence-corrected chi connectivity index (χ4v) is 3.79. The van der Waals surface area contributed by atoms with E-state index in [2.05, 4.69) is 19.5 Å². The maximum atomic E-state index is 11.8. The zero-order valence-corrected chi connectivity index (χ0v) is 15.6. The van der Waals surface area contributed by atoms with Crippen molar-refractivity contribution in [1.29, 1.82) is 0 Å². The van der Waals surface area contributed by atoms with Crippen LogP contribution in [0, 0.1) is 5.41 Å². The quantitative estimate of drug-likeness (QED) is 0.443. The van der Waals surface area contributed by atoms with Crippen molar-refractivity contribution < 1.29 is 33.5 Å². The number of ether oxygens (including phenoxy) is 1. The lowest BCUT2D eigenvalue weighted by molar-refractivity contribution is -0.0595. The molecule has 150 valence electrons. The normalized spacial score (nSPS) is 30.6. The Labute approximate surface area is 153 Å². The first-order valence-electron chi connectivity index (χ1n) is 8.20. The second kappa shape index (κ2) is 7.40. The van der Waals surface area contributed by atoms with Crippen molar-refractivity contribution in [1.82, 2.24) is 19.5 Å². The van der Waals surface area contributed by atoms with Crippen molar-refractivity contribution in [3.8, 4) is 0 Å². The van der Waals surface area contributed by atoms with Gasteiger partial charge in [0.1, 0.15) is 12.3 Å². The first-order chi connectivity index (χ1) is 12.7. The summed E-state index contributed by atoms with van der Waals surface area (Å²) in [4.78, 5) is 31.8. The molecule has 0 saturated carbocycles. The molecule has 1 aliphatic rings. The van der Waals surface area contributed by atoms with Gasteiger partial charge in [0.25, 0.3) is 5.56 Å². The third-order valence-corrected chi connectivity index (χ3v) is 5.61. The molecule has 0 aliphatic carbocycles. The van der Waals surface area contributed by atoms with Crippen molar-refractivity contribution in [2.75, 3.05) is 19.8 Å². The largest absolute Gasteiger partial charge is 0.472 e. The molecule has 3 unspecified atom stereocenters. The summed E-state index contributed by atoms with van der Waals surface area (Å²) in [6.07, 6.45) is -0.704. The van der Waals surface area contributed by atoms with E-state index in [1.165, 1.54) is 24.1 Å². The number of hydrogen-bond donors (Lipinski definition) is 4. The van der Waals surface area contributed by atoms with Gasteiger partial charge in [0.05, 0.1) is 44.0 Å². The van der Waals surface area contributed by atoms with Crippen LogP contribution in [0.25, 0.3) is 11.2 Å². The van der Waals surface area contributed by atoms with Crippen LogP contribution in [0.2, 0.25) is 0 Å². The topological polar surface area (TPSA) is 169 Å². The van der Waals surface area contributed by atoms with E-state index in [0.717, 1.165) is 0 Å². The van der Waals surface area contributed by atoms with Crippen LogP contribution in [0.1, 0.15) is 20.1 Å². The van der Waals surface area contributed by atoms with Crippen LogP contribution in [0.5, 0.6) is 0 Å². The Hall–Kier alpha value is -1.66. The maximum Gasteiger partial charge on any atom is 0.472 e. The molecule has 12 nitrogen and oxygen atoms in total. The van der Waals surface area contributed by atoms with Gasteiger partial charge in [-0.2, -0.15) is 0 Å². The molecule has 1 fully saturated rings. The van der Waals surface area contributed by atoms with E-state index in [-0.39, 0.29) is 17.8 Å². The molecule has 0 radical (unpaired) electrons. The summed E-state index contributed by atoms with van der Waals surface area (Å²) in [6.45, 7) is 2.16. The Balaban J connectivity index is 1.90. The summed E-state index contributed by atoms with van der Waals surface area (Å²) >= 11 is 0. The smallest absolute Gasteiger partial charge is 0.396 e. The van der Waals surface area contributed by atoms with Gasteiger partial charge in [-0.15, -0.1) is 0 Å². The maximum absolute atomic E-state index is 11.8. The van der Waals surface area contributed by atoms with Crippen LogP contribution >= 0.6 is 7.82 Å². The summed E-state index contributed by atoms with van der Waals surface area (Å²) < 4.78 is 28.4. The minimum Gasteiger partial charge on any atom is -0.396 e. The number of H-pyrrole nitrogens is 1. The fraction of sp³-hybridized carbons (Fsp3) is 0.643. The van der Waals surface area contributed by atoms with Gasteiger partial charge >= 0.3 is 7.82 Å². The zero-order chi connectivity index (χ0) is 19.8. The van der Waals surface area contributed by atoms with Crippen LogP contribution in [0.3, 0.4) is 0 Å². The second-order valence-corrected chi connectivity index (χ2v) is 7.83. The fourth-order valence-electron chi connectivity index (χ4n) is 3.05. The molecule has 0 aromatic carbocycles. The number of phosphoric acid groups is 1. The van der Waals surface area contributed by atoms with E-state index < -0.39 is 50.4 Å². The molecular weight excluding hydrogens is 383 g/mol. The highest BCUT2D eigenvalue weighted by molar-refractivity contribution is 7.47. The van der Waals surface area contributed by atoms with Crippen LogP contribution in [0.4, 0.5) is 0 Å². The van der Waals surface area contributed by atoms with Gasteiger partial charge in [0.2, 0.25) is 0 Å². The molecule has 2 aromatic rings. The van der Waals surface area contributed by atoms with Gasteiger partial charge < -0.3 is 24.8 Å². The Kier molecular flexibility index (Phi) is 5.50. The minimum absolute atomic E-state index is 0.0277. The molecular formula is C14H21N4O8P. The highest BCUT2D eigenvalue weighted by Gasteiger charge is 2.54. The lowest BCUT2D eigenvalue weighted by Gasteiger charge is -2.31. The number of aromatic nitrogens is 4. The number of fused-ring (bicyclic) bond motifs is 1. The first kappa shape index (κ1) is 20.1. The van der Waals surface area contributed by atoms with E-state index in [0.29, 0.717) is 0 Å². The van der Waals surface area contributed by atoms with Crippen molar-refractivity contribution in [2.24, 2.45) is 5.41 Å². The third kappa shape index (κ3) is 3.57. The van der Waals surface area contributed by atoms with E-state index in [4.69, 9.17) is 9.26 Å². The van der Waals surface area contributed by atoms with Gasteiger partial charge in [-0.1, -0.05) is 6.92 Å². The Morgan fingerprint density at radius 1 is 1.44 bits per heavy atom. The molecule has 2 aromatic heterocycles. The van der Waals surface area contributed by atoms with Crippen LogP contribution in [0.15, 0.2) is 17.4 Å². The SMILES string of the molecule is CCOP(=O)(O)OC[C@H]1O[C@@H](n2cnc3c(=O)[nH]cnc32)C(C)(CO)C1O. The van der Waals surface area contributed by atoms with Crippen molar-refractivity contribution in [2.45, 2.75) is 32.3 Å². The third-order valence-electron chi connectivity index (χ3n) is 4.55. The molecule has 0 amide bonds. The number of nitrogens with one attached hydrogen (secondary N) is 1. The van der Waals surface area contributed by atoms with Crippen molar-refractivity contribution >= 4 is 19.0 Å². The van der Waals surface area contributed by atoms with Gasteiger partial charge in [0.15, 0.2) is 11.2 Å². The summed E-state index contributed by atoms with van der Waals surface area (Å²) in [5.41, 5.74) is -1.37. The molecule has 1 saturated heterocycles. The van der Waals surface area contributed by atoms with Gasteiger partial charge in [-0.05, 0) is 6.92 Å². The highest BCUT2D eigenvalue weighted by atomic mass is 31.2. The van der Waals surface area contributed by atoms with Crippen LogP contribution < -0.4 is 5.56 Å². The Morgan fingerprint density at radius 3 is 2.85 bits per heavy atom. The van der Waals surface area contributed by atoms with Crippen LogP contribution in [-0.2, 0) is 18.3 Å². The molecule has 13 heteroatoms. The number of phosphoric ester groups is 1. The summed E-state index contributed by atoms with van der Waals surface area (Å²) in [5.74, 6) is 0. The molecule has 4 N–H and O–H groups in total. The van der Waals surface area contributed by atoms with Crippen molar-refractivity contribution in [3.63, 3.8) is 0 Å². The number of aromatic amines is 1. The van der Waals surface area contributed by atoms with Crippen molar-refractivity contribution in [3.05, 3.63) is 23.0 Å². The lowest BCUT2D eigenvalue weighted by atomic mass is 9.83. The average molecular weight is 404 g/mol. The Morgan fingerprint density at radius 2 is 2.19 bits per heavy atom. The summed E-state index contributed by atoms with van der Waals surface area (Å²) in [7, 11) is -4.28.